The molecule has 0 spiro atoms. The molecule has 110 valence electrons. The molecule has 2 unspecified atom stereocenters. The maximum absolute atomic E-state index is 13.1. The van der Waals surface area contributed by atoms with Gasteiger partial charge in [0.05, 0.1) is 0 Å². The van der Waals surface area contributed by atoms with E-state index in [1.807, 2.05) is 6.07 Å². The maximum Gasteiger partial charge on any atom is 0.124 e. The van der Waals surface area contributed by atoms with Gasteiger partial charge in [0.15, 0.2) is 0 Å². The van der Waals surface area contributed by atoms with Gasteiger partial charge >= 0.3 is 0 Å². The van der Waals surface area contributed by atoms with Gasteiger partial charge in [-0.05, 0) is 49.9 Å². The van der Waals surface area contributed by atoms with Crippen molar-refractivity contribution in [2.75, 3.05) is 6.54 Å². The second-order valence-corrected chi connectivity index (χ2v) is 6.47. The van der Waals surface area contributed by atoms with Crippen LogP contribution in [-0.2, 0) is 6.54 Å². The summed E-state index contributed by atoms with van der Waals surface area (Å²) in [5.74, 6) is -0.262. The Bertz CT molecular complexity index is 468. The van der Waals surface area contributed by atoms with Crippen molar-refractivity contribution in [2.24, 2.45) is 0 Å². The van der Waals surface area contributed by atoms with Crippen molar-refractivity contribution in [1.82, 2.24) is 10.2 Å². The molecule has 0 radical (unpaired) electrons. The van der Waals surface area contributed by atoms with Gasteiger partial charge < -0.3 is 5.32 Å². The second-order valence-electron chi connectivity index (χ2n) is 6.06. The number of rotatable bonds is 4. The summed E-state index contributed by atoms with van der Waals surface area (Å²) in [6.45, 7) is 4.03. The lowest BCUT2D eigenvalue weighted by Crippen LogP contribution is -2.47. The molecule has 2 nitrogen and oxygen atoms in total. The first-order valence-electron chi connectivity index (χ1n) is 7.59. The molecule has 2 saturated heterocycles. The van der Waals surface area contributed by atoms with Crippen molar-refractivity contribution in [3.8, 4) is 0 Å². The fraction of sp³-hybridized carbons (Fsp3) is 0.625. The molecule has 2 bridgehead atoms. The standard InChI is InChI=1S/C16H22ClFN2/c1-2-20(10-11-3-4-12(18)7-16(11)17)15-8-13-5-6-14(9-15)19-13/h3-4,7,13-15,19H,2,5-6,8-10H2,1H3. The van der Waals surface area contributed by atoms with E-state index in [0.29, 0.717) is 23.1 Å². The molecule has 3 rings (SSSR count). The van der Waals surface area contributed by atoms with Crippen LogP contribution in [0.3, 0.4) is 0 Å². The second kappa shape index (κ2) is 6.00. The van der Waals surface area contributed by atoms with E-state index in [1.54, 1.807) is 0 Å². The summed E-state index contributed by atoms with van der Waals surface area (Å²) in [7, 11) is 0. The van der Waals surface area contributed by atoms with Crippen LogP contribution >= 0.6 is 11.6 Å². The predicted octanol–water partition coefficient (Wildman–Crippen LogP) is 3.58. The number of fused-ring (bicyclic) bond motifs is 2. The van der Waals surface area contributed by atoms with Gasteiger partial charge in [0, 0.05) is 29.7 Å². The molecule has 1 N–H and O–H groups in total. The molecule has 20 heavy (non-hydrogen) atoms. The van der Waals surface area contributed by atoms with E-state index in [0.717, 1.165) is 18.7 Å². The molecule has 1 aromatic carbocycles. The average Bonchev–Trinajstić information content (AvgIpc) is 2.77. The quantitative estimate of drug-likeness (QED) is 0.913. The number of benzene rings is 1. The van der Waals surface area contributed by atoms with Crippen LogP contribution in [0.2, 0.25) is 5.02 Å². The summed E-state index contributed by atoms with van der Waals surface area (Å²) in [6, 6.07) is 6.74. The van der Waals surface area contributed by atoms with Crippen molar-refractivity contribution in [2.45, 2.75) is 57.3 Å². The van der Waals surface area contributed by atoms with Crippen LogP contribution in [0.1, 0.15) is 38.2 Å². The Morgan fingerprint density at radius 2 is 2.00 bits per heavy atom. The summed E-state index contributed by atoms with van der Waals surface area (Å²) >= 11 is 6.16. The van der Waals surface area contributed by atoms with Crippen LogP contribution in [0, 0.1) is 5.82 Å². The Hall–Kier alpha value is -0.640. The molecular weight excluding hydrogens is 275 g/mol. The van der Waals surface area contributed by atoms with Gasteiger partial charge in [0.25, 0.3) is 0 Å². The fourth-order valence-corrected chi connectivity index (χ4v) is 3.92. The summed E-state index contributed by atoms with van der Waals surface area (Å²) < 4.78 is 13.1. The normalized spacial score (nSPS) is 29.1. The topological polar surface area (TPSA) is 15.3 Å². The zero-order valence-electron chi connectivity index (χ0n) is 11.9. The highest BCUT2D eigenvalue weighted by Crippen LogP contribution is 2.31. The molecule has 2 heterocycles. The van der Waals surface area contributed by atoms with Crippen molar-refractivity contribution in [1.29, 1.82) is 0 Å². The van der Waals surface area contributed by atoms with E-state index in [2.05, 4.69) is 17.1 Å². The van der Waals surface area contributed by atoms with Crippen molar-refractivity contribution in [3.63, 3.8) is 0 Å². The van der Waals surface area contributed by atoms with Crippen LogP contribution in [0.5, 0.6) is 0 Å². The third-order valence-electron chi connectivity index (χ3n) is 4.76. The molecule has 4 heteroatoms. The van der Waals surface area contributed by atoms with Crippen molar-refractivity contribution >= 4 is 11.6 Å². The maximum atomic E-state index is 13.1. The third kappa shape index (κ3) is 3.00. The number of nitrogens with one attached hydrogen (secondary N) is 1. The summed E-state index contributed by atoms with van der Waals surface area (Å²) in [5.41, 5.74) is 1.03. The Balaban J connectivity index is 1.70. The first kappa shape index (κ1) is 14.3. The zero-order valence-corrected chi connectivity index (χ0v) is 12.7. The number of nitrogens with zero attached hydrogens (tertiary/aromatic N) is 1. The Morgan fingerprint density at radius 3 is 2.60 bits per heavy atom. The highest BCUT2D eigenvalue weighted by atomic mass is 35.5. The smallest absolute Gasteiger partial charge is 0.124 e. The molecule has 2 aliphatic rings. The molecule has 0 saturated carbocycles. The van der Waals surface area contributed by atoms with Gasteiger partial charge in [-0.1, -0.05) is 24.6 Å². The molecule has 2 atom stereocenters. The van der Waals surface area contributed by atoms with Gasteiger partial charge in [-0.25, -0.2) is 4.39 Å². The van der Waals surface area contributed by atoms with Crippen LogP contribution in [0.4, 0.5) is 4.39 Å². The average molecular weight is 297 g/mol. The number of halogens is 2. The molecule has 2 aliphatic heterocycles. The third-order valence-corrected chi connectivity index (χ3v) is 5.11. The Morgan fingerprint density at radius 1 is 1.30 bits per heavy atom. The number of hydrogen-bond acceptors (Lipinski definition) is 2. The summed E-state index contributed by atoms with van der Waals surface area (Å²) in [6.07, 6.45) is 5.08. The minimum Gasteiger partial charge on any atom is -0.311 e. The van der Waals surface area contributed by atoms with Gasteiger partial charge in [0.1, 0.15) is 5.82 Å². The van der Waals surface area contributed by atoms with E-state index >= 15 is 0 Å². The van der Waals surface area contributed by atoms with Crippen LogP contribution < -0.4 is 5.32 Å². The van der Waals surface area contributed by atoms with Crippen LogP contribution in [0.15, 0.2) is 18.2 Å². The van der Waals surface area contributed by atoms with Gasteiger partial charge in [-0.15, -0.1) is 0 Å². The lowest BCUT2D eigenvalue weighted by atomic mass is 9.97. The van der Waals surface area contributed by atoms with E-state index in [9.17, 15) is 4.39 Å². The summed E-state index contributed by atoms with van der Waals surface area (Å²) in [4.78, 5) is 2.49. The van der Waals surface area contributed by atoms with E-state index in [-0.39, 0.29) is 5.82 Å². The number of hydrogen-bond donors (Lipinski definition) is 1. The molecule has 0 aromatic heterocycles. The van der Waals surface area contributed by atoms with E-state index in [1.165, 1.54) is 37.8 Å². The zero-order chi connectivity index (χ0) is 14.1. The van der Waals surface area contributed by atoms with Gasteiger partial charge in [0.2, 0.25) is 0 Å². The monoisotopic (exact) mass is 296 g/mol. The minimum atomic E-state index is -0.262. The first-order chi connectivity index (χ1) is 9.65. The number of piperidine rings is 1. The van der Waals surface area contributed by atoms with Crippen LogP contribution in [0.25, 0.3) is 0 Å². The highest BCUT2D eigenvalue weighted by Gasteiger charge is 2.35. The summed E-state index contributed by atoms with van der Waals surface area (Å²) in [5, 5.41) is 4.22. The van der Waals surface area contributed by atoms with Gasteiger partial charge in [-0.2, -0.15) is 0 Å². The lowest BCUT2D eigenvalue weighted by Gasteiger charge is -2.37. The Kier molecular flexibility index (Phi) is 4.29. The molecule has 2 fully saturated rings. The van der Waals surface area contributed by atoms with E-state index in [4.69, 9.17) is 11.6 Å². The first-order valence-corrected chi connectivity index (χ1v) is 7.97. The SMILES string of the molecule is CCN(Cc1ccc(F)cc1Cl)C1CC2CCC(C1)N2. The minimum absolute atomic E-state index is 0.262. The predicted molar refractivity (Wildman–Crippen MR) is 80.5 cm³/mol. The van der Waals surface area contributed by atoms with Crippen molar-refractivity contribution in [3.05, 3.63) is 34.6 Å². The molecular formula is C16H22ClFN2. The molecule has 0 aliphatic carbocycles. The largest absolute Gasteiger partial charge is 0.311 e. The van der Waals surface area contributed by atoms with Crippen molar-refractivity contribution < 1.29 is 4.39 Å². The van der Waals surface area contributed by atoms with E-state index < -0.39 is 0 Å². The Labute approximate surface area is 125 Å². The molecule has 0 amide bonds. The van der Waals surface area contributed by atoms with Gasteiger partial charge in [-0.3, -0.25) is 4.90 Å². The van der Waals surface area contributed by atoms with Crippen LogP contribution in [-0.4, -0.2) is 29.6 Å². The molecule has 1 aromatic rings. The highest BCUT2D eigenvalue weighted by molar-refractivity contribution is 6.31. The fourth-order valence-electron chi connectivity index (χ4n) is 3.69. The lowest BCUT2D eigenvalue weighted by molar-refractivity contribution is 0.141.